The first-order valence-corrected chi connectivity index (χ1v) is 7.47. The lowest BCUT2D eigenvalue weighted by molar-refractivity contribution is 0.415. The number of aryl methyl sites for hydroxylation is 1. The van der Waals surface area contributed by atoms with Gasteiger partial charge in [-0.05, 0) is 31.4 Å². The third kappa shape index (κ3) is 2.38. The zero-order valence-electron chi connectivity index (χ0n) is 11.1. The Balaban J connectivity index is 1.99. The van der Waals surface area contributed by atoms with E-state index in [-0.39, 0.29) is 0 Å². The normalized spacial score (nSPS) is 18.1. The maximum absolute atomic E-state index is 5.86. The minimum Gasteiger partial charge on any atom is -0.497 e. The van der Waals surface area contributed by atoms with Crippen LogP contribution >= 0.6 is 11.3 Å². The van der Waals surface area contributed by atoms with Gasteiger partial charge in [0.2, 0.25) is 0 Å². The van der Waals surface area contributed by atoms with E-state index in [0.717, 1.165) is 22.7 Å². The summed E-state index contributed by atoms with van der Waals surface area (Å²) in [5.41, 5.74) is 8.22. The van der Waals surface area contributed by atoms with Crippen molar-refractivity contribution in [2.24, 2.45) is 5.73 Å². The van der Waals surface area contributed by atoms with Gasteiger partial charge < -0.3 is 10.5 Å². The second-order valence-corrected chi connectivity index (χ2v) is 5.97. The van der Waals surface area contributed by atoms with E-state index in [4.69, 9.17) is 15.5 Å². The van der Waals surface area contributed by atoms with Gasteiger partial charge in [0.15, 0.2) is 0 Å². The Labute approximate surface area is 117 Å². The highest BCUT2D eigenvalue weighted by molar-refractivity contribution is 7.15. The first-order chi connectivity index (χ1) is 9.31. The fourth-order valence-electron chi connectivity index (χ4n) is 2.62. The molecule has 0 bridgehead atoms. The Morgan fingerprint density at radius 2 is 2.37 bits per heavy atom. The molecule has 0 saturated heterocycles. The average molecular weight is 274 g/mol. The predicted molar refractivity (Wildman–Crippen MR) is 78.8 cm³/mol. The van der Waals surface area contributed by atoms with E-state index >= 15 is 0 Å². The zero-order chi connectivity index (χ0) is 13.2. The van der Waals surface area contributed by atoms with E-state index in [0.29, 0.717) is 12.5 Å². The van der Waals surface area contributed by atoms with Gasteiger partial charge in [-0.25, -0.2) is 4.98 Å². The Kier molecular flexibility index (Phi) is 3.53. The molecule has 0 saturated carbocycles. The highest BCUT2D eigenvalue weighted by Crippen LogP contribution is 2.38. The van der Waals surface area contributed by atoms with E-state index in [1.165, 1.54) is 23.4 Å². The van der Waals surface area contributed by atoms with Gasteiger partial charge in [-0.15, -0.1) is 11.3 Å². The molecule has 1 atom stereocenters. The zero-order valence-corrected chi connectivity index (χ0v) is 11.9. The van der Waals surface area contributed by atoms with Gasteiger partial charge in [-0.1, -0.05) is 12.1 Å². The molecule has 1 heterocycles. The smallest absolute Gasteiger partial charge is 0.124 e. The quantitative estimate of drug-likeness (QED) is 0.935. The molecule has 0 spiro atoms. The van der Waals surface area contributed by atoms with Gasteiger partial charge in [-0.3, -0.25) is 0 Å². The molecule has 4 heteroatoms. The summed E-state index contributed by atoms with van der Waals surface area (Å²) in [7, 11) is 1.69. The summed E-state index contributed by atoms with van der Waals surface area (Å²) in [6.45, 7) is 0.703. The molecule has 0 fully saturated rings. The molecule has 2 N–H and O–H groups in total. The van der Waals surface area contributed by atoms with E-state index in [9.17, 15) is 0 Å². The lowest BCUT2D eigenvalue weighted by Crippen LogP contribution is -2.17. The molecule has 0 radical (unpaired) electrons. The highest BCUT2D eigenvalue weighted by Gasteiger charge is 2.24. The van der Waals surface area contributed by atoms with Gasteiger partial charge in [0, 0.05) is 22.9 Å². The van der Waals surface area contributed by atoms with Crippen LogP contribution in [0.4, 0.5) is 0 Å². The lowest BCUT2D eigenvalue weighted by atomic mass is 9.91. The monoisotopic (exact) mass is 274 g/mol. The van der Waals surface area contributed by atoms with Gasteiger partial charge >= 0.3 is 0 Å². The molecule has 19 heavy (non-hydrogen) atoms. The minimum absolute atomic E-state index is 0.444. The summed E-state index contributed by atoms with van der Waals surface area (Å²) in [5.74, 6) is 1.32. The number of nitrogens with two attached hydrogens (primary N) is 1. The summed E-state index contributed by atoms with van der Waals surface area (Å²) < 4.78 is 5.28. The van der Waals surface area contributed by atoms with E-state index in [2.05, 4.69) is 6.07 Å². The van der Waals surface area contributed by atoms with Crippen LogP contribution in [0.3, 0.4) is 0 Å². The minimum atomic E-state index is 0.444. The molecule has 1 aliphatic rings. The number of aromatic nitrogens is 1. The van der Waals surface area contributed by atoms with Crippen molar-refractivity contribution in [1.82, 2.24) is 4.98 Å². The fraction of sp³-hybridized carbons (Fsp3) is 0.400. The number of hydrogen-bond donors (Lipinski definition) is 1. The highest BCUT2D eigenvalue weighted by atomic mass is 32.1. The van der Waals surface area contributed by atoms with Gasteiger partial charge in [0.1, 0.15) is 10.8 Å². The van der Waals surface area contributed by atoms with Crippen molar-refractivity contribution >= 4 is 11.3 Å². The van der Waals surface area contributed by atoms with Crippen molar-refractivity contribution in [2.45, 2.75) is 25.2 Å². The Bertz CT molecular complexity index is 579. The van der Waals surface area contributed by atoms with Crippen LogP contribution in [0.25, 0.3) is 10.6 Å². The Hall–Kier alpha value is -1.39. The molecule has 100 valence electrons. The Morgan fingerprint density at radius 3 is 3.16 bits per heavy atom. The van der Waals surface area contributed by atoms with Crippen LogP contribution in [-0.2, 0) is 6.42 Å². The summed E-state index contributed by atoms with van der Waals surface area (Å²) in [4.78, 5) is 6.25. The number of hydrogen-bond acceptors (Lipinski definition) is 4. The standard InChI is InChI=1S/C15H18N2OS/c1-18-12-6-2-4-10(8-12)15-17-14-11(9-16)5-3-7-13(14)19-15/h2,4,6,8,11H,3,5,7,9,16H2,1H3. The van der Waals surface area contributed by atoms with E-state index in [1.54, 1.807) is 18.4 Å². The second-order valence-electron chi connectivity index (χ2n) is 4.88. The average Bonchev–Trinajstić information content (AvgIpc) is 2.91. The molecule has 3 rings (SSSR count). The number of thiazole rings is 1. The van der Waals surface area contributed by atoms with Crippen LogP contribution in [0.15, 0.2) is 24.3 Å². The van der Waals surface area contributed by atoms with Crippen molar-refractivity contribution in [3.8, 4) is 16.3 Å². The van der Waals surface area contributed by atoms with E-state index in [1.807, 2.05) is 18.2 Å². The summed E-state index contributed by atoms with van der Waals surface area (Å²) in [6.07, 6.45) is 3.55. The number of methoxy groups -OCH3 is 1. The number of nitrogens with zero attached hydrogens (tertiary/aromatic N) is 1. The first kappa shape index (κ1) is 12.6. The third-order valence-electron chi connectivity index (χ3n) is 3.67. The van der Waals surface area contributed by atoms with Crippen molar-refractivity contribution in [3.05, 3.63) is 34.8 Å². The molecule has 1 unspecified atom stereocenters. The molecule has 0 amide bonds. The molecule has 2 aromatic rings. The van der Waals surface area contributed by atoms with Crippen LogP contribution in [0, 0.1) is 0 Å². The number of fused-ring (bicyclic) bond motifs is 1. The molecule has 1 aromatic heterocycles. The molecule has 0 aliphatic heterocycles. The number of benzene rings is 1. The maximum atomic E-state index is 5.86. The summed E-state index contributed by atoms with van der Waals surface area (Å²) >= 11 is 1.80. The molecular formula is C15H18N2OS. The predicted octanol–water partition coefficient (Wildman–Crippen LogP) is 3.20. The van der Waals surface area contributed by atoms with Crippen molar-refractivity contribution in [2.75, 3.05) is 13.7 Å². The first-order valence-electron chi connectivity index (χ1n) is 6.66. The second kappa shape index (κ2) is 5.31. The van der Waals surface area contributed by atoms with E-state index < -0.39 is 0 Å². The number of ether oxygens (including phenoxy) is 1. The largest absolute Gasteiger partial charge is 0.497 e. The molecule has 1 aromatic carbocycles. The number of rotatable bonds is 3. The van der Waals surface area contributed by atoms with Crippen molar-refractivity contribution in [3.63, 3.8) is 0 Å². The molecule has 3 nitrogen and oxygen atoms in total. The van der Waals surface area contributed by atoms with Gasteiger partial charge in [-0.2, -0.15) is 0 Å². The topological polar surface area (TPSA) is 48.1 Å². The Morgan fingerprint density at radius 1 is 1.47 bits per heavy atom. The molecule has 1 aliphatic carbocycles. The SMILES string of the molecule is COc1cccc(-c2nc3c(s2)CCCC3CN)c1. The lowest BCUT2D eigenvalue weighted by Gasteiger charge is -2.18. The van der Waals surface area contributed by atoms with Gasteiger partial charge in [0.05, 0.1) is 12.8 Å². The van der Waals surface area contributed by atoms with Crippen molar-refractivity contribution in [1.29, 1.82) is 0 Å². The van der Waals surface area contributed by atoms with Crippen LogP contribution < -0.4 is 10.5 Å². The van der Waals surface area contributed by atoms with Crippen LogP contribution in [0.5, 0.6) is 5.75 Å². The fourth-order valence-corrected chi connectivity index (χ4v) is 3.80. The molecular weight excluding hydrogens is 256 g/mol. The third-order valence-corrected chi connectivity index (χ3v) is 4.85. The summed E-state index contributed by atoms with van der Waals surface area (Å²) in [5, 5.41) is 1.09. The maximum Gasteiger partial charge on any atom is 0.124 e. The van der Waals surface area contributed by atoms with Crippen molar-refractivity contribution < 1.29 is 4.74 Å². The van der Waals surface area contributed by atoms with Crippen LogP contribution in [0.2, 0.25) is 0 Å². The van der Waals surface area contributed by atoms with Gasteiger partial charge in [0.25, 0.3) is 0 Å². The van der Waals surface area contributed by atoms with Crippen LogP contribution in [0.1, 0.15) is 29.3 Å². The van der Waals surface area contributed by atoms with Crippen LogP contribution in [-0.4, -0.2) is 18.6 Å². The summed E-state index contributed by atoms with van der Waals surface area (Å²) in [6, 6.07) is 8.10.